The van der Waals surface area contributed by atoms with Crippen LogP contribution in [0.1, 0.15) is 36.8 Å². The Morgan fingerprint density at radius 2 is 1.67 bits per heavy atom. The Bertz CT molecular complexity index is 707. The van der Waals surface area contributed by atoms with Gasteiger partial charge in [0.25, 0.3) is 0 Å². The highest BCUT2D eigenvalue weighted by molar-refractivity contribution is 5.81. The average Bonchev–Trinajstić information content (AvgIpc) is 2.63. The summed E-state index contributed by atoms with van der Waals surface area (Å²) in [6, 6.07) is 3.36. The fraction of sp³-hybridized carbons (Fsp3) is 0.450. The molecular weight excluding hydrogens is 352 g/mol. The van der Waals surface area contributed by atoms with Crippen LogP contribution in [0.4, 0.5) is 0 Å². The zero-order chi connectivity index (χ0) is 20.0. The smallest absolute Gasteiger partial charge is 0.333 e. The normalized spacial score (nSPS) is 19.0. The third-order valence-corrected chi connectivity index (χ3v) is 4.63. The van der Waals surface area contributed by atoms with Gasteiger partial charge in [-0.1, -0.05) is 6.58 Å². The predicted octanol–water partition coefficient (Wildman–Crippen LogP) is 3.17. The van der Waals surface area contributed by atoms with Crippen LogP contribution in [-0.4, -0.2) is 29.8 Å². The van der Waals surface area contributed by atoms with Crippen LogP contribution in [0.3, 0.4) is 0 Å². The van der Waals surface area contributed by atoms with Gasteiger partial charge in [-0.25, -0.2) is 4.79 Å². The molecular formula is C20H24O7. The number of benzene rings is 1. The van der Waals surface area contributed by atoms with Gasteiger partial charge < -0.3 is 19.3 Å². The fourth-order valence-corrected chi connectivity index (χ4v) is 3.18. The maximum absolute atomic E-state index is 12.4. The molecule has 0 unspecified atom stereocenters. The van der Waals surface area contributed by atoms with Gasteiger partial charge in [-0.2, -0.15) is 0 Å². The summed E-state index contributed by atoms with van der Waals surface area (Å²) in [5.41, 5.74) is 1.48. The van der Waals surface area contributed by atoms with E-state index in [1.165, 1.54) is 0 Å². The third kappa shape index (κ3) is 5.57. The van der Waals surface area contributed by atoms with Gasteiger partial charge in [0.2, 0.25) is 6.79 Å². The summed E-state index contributed by atoms with van der Waals surface area (Å²) < 4.78 is 15.7. The second kappa shape index (κ2) is 9.21. The van der Waals surface area contributed by atoms with E-state index in [-0.39, 0.29) is 24.6 Å². The quantitative estimate of drug-likeness (QED) is 0.338. The largest absolute Gasteiger partial charge is 0.481 e. The number of carboxylic acids is 1. The van der Waals surface area contributed by atoms with Crippen molar-refractivity contribution in [3.05, 3.63) is 35.9 Å². The summed E-state index contributed by atoms with van der Waals surface area (Å²) in [5, 5.41) is 9.03. The number of ether oxygens (including phenoxy) is 3. The van der Waals surface area contributed by atoms with E-state index in [1.54, 1.807) is 26.0 Å². The second-order valence-electron chi connectivity index (χ2n) is 6.62. The maximum atomic E-state index is 12.4. The average molecular weight is 376 g/mol. The number of hydrogen-bond donors (Lipinski definition) is 1. The molecule has 0 aromatic heterocycles. The molecule has 2 rings (SSSR count). The maximum Gasteiger partial charge on any atom is 0.333 e. The molecule has 1 aromatic rings. The number of carboxylic acid groups (broad SMARTS) is 1. The lowest BCUT2D eigenvalue weighted by Gasteiger charge is -2.24. The van der Waals surface area contributed by atoms with Crippen molar-refractivity contribution < 1.29 is 33.7 Å². The Kier molecular flexibility index (Phi) is 6.98. The molecule has 0 atom stereocenters. The molecule has 1 saturated carbocycles. The molecule has 27 heavy (non-hydrogen) atoms. The van der Waals surface area contributed by atoms with Gasteiger partial charge >= 0.3 is 17.9 Å². The van der Waals surface area contributed by atoms with Crippen LogP contribution in [0.25, 0.3) is 0 Å². The lowest BCUT2D eigenvalue weighted by Crippen LogP contribution is -2.28. The molecule has 1 N–H and O–H groups in total. The second-order valence-corrected chi connectivity index (χ2v) is 6.62. The van der Waals surface area contributed by atoms with Gasteiger partial charge in [0, 0.05) is 6.08 Å². The van der Waals surface area contributed by atoms with Gasteiger partial charge in [-0.3, -0.25) is 9.59 Å². The number of aryl methyl sites for hydroxylation is 2. The highest BCUT2D eigenvalue weighted by Gasteiger charge is 2.31. The Morgan fingerprint density at radius 3 is 2.19 bits per heavy atom. The molecule has 146 valence electrons. The summed E-state index contributed by atoms with van der Waals surface area (Å²) in [4.78, 5) is 34.4. The molecule has 1 aliphatic carbocycles. The van der Waals surface area contributed by atoms with E-state index >= 15 is 0 Å². The lowest BCUT2D eigenvalue weighted by molar-refractivity contribution is -0.146. The van der Waals surface area contributed by atoms with E-state index in [4.69, 9.17) is 19.3 Å². The van der Waals surface area contributed by atoms with Gasteiger partial charge in [0.1, 0.15) is 11.5 Å². The topological polar surface area (TPSA) is 99.1 Å². The molecule has 0 amide bonds. The minimum Gasteiger partial charge on any atom is -0.481 e. The number of esters is 2. The minimum absolute atomic E-state index is 0.238. The first-order valence-electron chi connectivity index (χ1n) is 8.79. The molecule has 0 spiro atoms. The van der Waals surface area contributed by atoms with Crippen molar-refractivity contribution in [1.29, 1.82) is 0 Å². The number of hydrogen-bond acceptors (Lipinski definition) is 6. The van der Waals surface area contributed by atoms with Gasteiger partial charge in [-0.05, 0) is 62.8 Å². The summed E-state index contributed by atoms with van der Waals surface area (Å²) >= 11 is 0. The molecule has 7 nitrogen and oxygen atoms in total. The van der Waals surface area contributed by atoms with Crippen LogP contribution >= 0.6 is 0 Å². The van der Waals surface area contributed by atoms with Crippen LogP contribution in [0.15, 0.2) is 24.8 Å². The van der Waals surface area contributed by atoms with Gasteiger partial charge in [-0.15, -0.1) is 0 Å². The van der Waals surface area contributed by atoms with Crippen molar-refractivity contribution in [2.45, 2.75) is 39.5 Å². The Labute approximate surface area is 157 Å². The summed E-state index contributed by atoms with van der Waals surface area (Å²) in [6.07, 6.45) is 3.07. The first kappa shape index (κ1) is 20.5. The predicted molar refractivity (Wildman–Crippen MR) is 96.4 cm³/mol. The van der Waals surface area contributed by atoms with Crippen molar-refractivity contribution >= 4 is 17.9 Å². The molecule has 0 heterocycles. The third-order valence-electron chi connectivity index (χ3n) is 4.63. The van der Waals surface area contributed by atoms with Crippen molar-refractivity contribution in [2.24, 2.45) is 11.8 Å². The first-order valence-corrected chi connectivity index (χ1v) is 8.79. The molecule has 1 fully saturated rings. The molecule has 7 heteroatoms. The zero-order valence-corrected chi connectivity index (χ0v) is 15.5. The highest BCUT2D eigenvalue weighted by Crippen LogP contribution is 2.32. The van der Waals surface area contributed by atoms with Crippen LogP contribution < -0.4 is 9.47 Å². The van der Waals surface area contributed by atoms with Crippen LogP contribution in [0.5, 0.6) is 11.5 Å². The zero-order valence-electron chi connectivity index (χ0n) is 15.5. The van der Waals surface area contributed by atoms with E-state index in [0.717, 1.165) is 17.2 Å². The Morgan fingerprint density at radius 1 is 1.11 bits per heavy atom. The number of aliphatic carboxylic acids is 1. The minimum atomic E-state index is -0.803. The lowest BCUT2D eigenvalue weighted by atomic mass is 9.82. The van der Waals surface area contributed by atoms with Crippen molar-refractivity contribution in [3.8, 4) is 11.5 Å². The monoisotopic (exact) mass is 376 g/mol. The Hall–Kier alpha value is -2.83. The van der Waals surface area contributed by atoms with Crippen LogP contribution in [-0.2, 0) is 19.1 Å². The van der Waals surface area contributed by atoms with E-state index in [1.807, 2.05) is 0 Å². The summed E-state index contributed by atoms with van der Waals surface area (Å²) in [7, 11) is 0. The standard InChI is InChI=1S/C20H24O7/c1-4-17(21)25-11-26-18-12(2)9-16(10-13(18)3)27-20(24)15-7-5-14(6-8-15)19(22)23/h4,9-10,14-15H,1,5-8,11H2,2-3H3,(H,22,23). The van der Waals surface area contributed by atoms with E-state index in [0.29, 0.717) is 37.2 Å². The van der Waals surface area contributed by atoms with Crippen molar-refractivity contribution in [1.82, 2.24) is 0 Å². The van der Waals surface area contributed by atoms with E-state index in [9.17, 15) is 14.4 Å². The van der Waals surface area contributed by atoms with E-state index < -0.39 is 11.9 Å². The Balaban J connectivity index is 1.95. The molecule has 1 aromatic carbocycles. The van der Waals surface area contributed by atoms with Crippen molar-refractivity contribution in [2.75, 3.05) is 6.79 Å². The van der Waals surface area contributed by atoms with Gasteiger partial charge in [0.05, 0.1) is 11.8 Å². The fourth-order valence-electron chi connectivity index (χ4n) is 3.18. The summed E-state index contributed by atoms with van der Waals surface area (Å²) in [6.45, 7) is 6.66. The molecule has 0 saturated heterocycles. The van der Waals surface area contributed by atoms with Crippen LogP contribution in [0.2, 0.25) is 0 Å². The molecule has 0 bridgehead atoms. The molecule has 0 aliphatic heterocycles. The van der Waals surface area contributed by atoms with Gasteiger partial charge in [0.15, 0.2) is 0 Å². The van der Waals surface area contributed by atoms with Crippen molar-refractivity contribution in [3.63, 3.8) is 0 Å². The number of carbonyl (C=O) groups excluding carboxylic acids is 2. The number of rotatable bonds is 7. The highest BCUT2D eigenvalue weighted by atomic mass is 16.7. The number of carbonyl (C=O) groups is 3. The van der Waals surface area contributed by atoms with E-state index in [2.05, 4.69) is 6.58 Å². The van der Waals surface area contributed by atoms with Crippen LogP contribution in [0, 0.1) is 25.7 Å². The molecule has 0 radical (unpaired) electrons. The first-order chi connectivity index (χ1) is 12.8. The molecule has 1 aliphatic rings. The SMILES string of the molecule is C=CC(=O)OCOc1c(C)cc(OC(=O)C2CCC(C(=O)O)CC2)cc1C. The summed E-state index contributed by atoms with van der Waals surface area (Å²) in [5.74, 6) is -1.41.